The number of carbonyl (C=O) groups is 1. The molecule has 0 spiro atoms. The molecule has 16 heavy (non-hydrogen) atoms. The molecular formula is C12H15N3O. The predicted molar refractivity (Wildman–Crippen MR) is 63.6 cm³/mol. The smallest absolute Gasteiger partial charge is 0.245 e. The summed E-state index contributed by atoms with van der Waals surface area (Å²) in [5.74, 6) is 0.640. The standard InChI is InChI=1S/C12H15N3O/c1-7-4-8(2)12(9(3)5-7)13-10-6-11(16)15-14-10/h4-5H,6H2,1-3H3,(H,13,14)(H,15,16). The summed E-state index contributed by atoms with van der Waals surface area (Å²) < 4.78 is 0. The first kappa shape index (κ1) is 10.7. The van der Waals surface area contributed by atoms with Crippen molar-refractivity contribution in [3.05, 3.63) is 28.8 Å². The predicted octanol–water partition coefficient (Wildman–Crippen LogP) is 1.67. The van der Waals surface area contributed by atoms with Crippen molar-refractivity contribution in [1.29, 1.82) is 0 Å². The van der Waals surface area contributed by atoms with Crippen molar-refractivity contribution in [2.75, 3.05) is 0 Å². The molecule has 1 heterocycles. The lowest BCUT2D eigenvalue weighted by Crippen LogP contribution is -2.28. The van der Waals surface area contributed by atoms with Gasteiger partial charge in [0, 0.05) is 0 Å². The van der Waals surface area contributed by atoms with Gasteiger partial charge in [-0.05, 0) is 31.9 Å². The molecule has 1 aliphatic rings. The fraction of sp³-hybridized carbons (Fsp3) is 0.333. The van der Waals surface area contributed by atoms with E-state index in [9.17, 15) is 4.79 Å². The van der Waals surface area contributed by atoms with Gasteiger partial charge in [0.25, 0.3) is 0 Å². The third-order valence-electron chi connectivity index (χ3n) is 2.56. The van der Waals surface area contributed by atoms with E-state index in [1.165, 1.54) is 5.56 Å². The van der Waals surface area contributed by atoms with E-state index in [4.69, 9.17) is 0 Å². The van der Waals surface area contributed by atoms with Crippen LogP contribution in [0.25, 0.3) is 0 Å². The SMILES string of the molecule is Cc1cc(C)c(N=C2CC(=O)NN2)c(C)c1. The van der Waals surface area contributed by atoms with Gasteiger partial charge in [-0.3, -0.25) is 15.6 Å². The van der Waals surface area contributed by atoms with E-state index in [1.807, 2.05) is 13.8 Å². The van der Waals surface area contributed by atoms with E-state index >= 15 is 0 Å². The van der Waals surface area contributed by atoms with E-state index < -0.39 is 0 Å². The van der Waals surface area contributed by atoms with Gasteiger partial charge in [-0.2, -0.15) is 0 Å². The van der Waals surface area contributed by atoms with E-state index in [0.29, 0.717) is 12.3 Å². The number of aryl methyl sites for hydroxylation is 3. The molecule has 1 aromatic rings. The molecule has 1 aliphatic heterocycles. The summed E-state index contributed by atoms with van der Waals surface area (Å²) in [5.41, 5.74) is 9.73. The Hall–Kier alpha value is -1.84. The summed E-state index contributed by atoms with van der Waals surface area (Å²) in [4.78, 5) is 15.5. The number of nitrogens with one attached hydrogen (secondary N) is 2. The normalized spacial score (nSPS) is 17.4. The van der Waals surface area contributed by atoms with E-state index in [2.05, 4.69) is 34.9 Å². The molecule has 2 N–H and O–H groups in total. The second-order valence-corrected chi connectivity index (χ2v) is 4.16. The molecule has 4 nitrogen and oxygen atoms in total. The highest BCUT2D eigenvalue weighted by molar-refractivity contribution is 6.05. The molecule has 1 amide bonds. The van der Waals surface area contributed by atoms with Crippen LogP contribution in [-0.2, 0) is 4.79 Å². The lowest BCUT2D eigenvalue weighted by molar-refractivity contribution is -0.119. The van der Waals surface area contributed by atoms with Gasteiger partial charge in [0.1, 0.15) is 5.84 Å². The quantitative estimate of drug-likeness (QED) is 0.751. The molecule has 0 radical (unpaired) electrons. The Labute approximate surface area is 94.7 Å². The van der Waals surface area contributed by atoms with Gasteiger partial charge in [-0.1, -0.05) is 17.7 Å². The van der Waals surface area contributed by atoms with Crippen molar-refractivity contribution < 1.29 is 4.79 Å². The molecule has 4 heteroatoms. The number of hydrogen-bond donors (Lipinski definition) is 2. The van der Waals surface area contributed by atoms with E-state index in [0.717, 1.165) is 16.8 Å². The van der Waals surface area contributed by atoms with Crippen LogP contribution in [0.1, 0.15) is 23.1 Å². The molecule has 0 bridgehead atoms. The first-order valence-corrected chi connectivity index (χ1v) is 5.26. The van der Waals surface area contributed by atoms with Crippen molar-refractivity contribution in [2.24, 2.45) is 4.99 Å². The van der Waals surface area contributed by atoms with E-state index in [-0.39, 0.29) is 5.91 Å². The minimum atomic E-state index is -0.0406. The average molecular weight is 217 g/mol. The molecule has 0 unspecified atom stereocenters. The summed E-state index contributed by atoms with van der Waals surface area (Å²) in [6.45, 7) is 6.13. The van der Waals surface area contributed by atoms with Gasteiger partial charge in [-0.25, -0.2) is 4.99 Å². The minimum absolute atomic E-state index is 0.0406. The Morgan fingerprint density at radius 3 is 2.25 bits per heavy atom. The first-order chi connectivity index (χ1) is 7.56. The maximum Gasteiger partial charge on any atom is 0.245 e. The fourth-order valence-corrected chi connectivity index (χ4v) is 1.93. The Morgan fingerprint density at radius 2 is 1.75 bits per heavy atom. The molecule has 84 valence electrons. The number of aliphatic imine (C=N–C) groups is 1. The van der Waals surface area contributed by atoms with Gasteiger partial charge in [0.2, 0.25) is 5.91 Å². The second-order valence-electron chi connectivity index (χ2n) is 4.16. The Morgan fingerprint density at radius 1 is 1.12 bits per heavy atom. The second kappa shape index (κ2) is 3.96. The van der Waals surface area contributed by atoms with Gasteiger partial charge in [0.15, 0.2) is 0 Å². The average Bonchev–Trinajstić information content (AvgIpc) is 2.58. The van der Waals surface area contributed by atoms with Crippen LogP contribution in [0.15, 0.2) is 17.1 Å². The van der Waals surface area contributed by atoms with Crippen LogP contribution in [0.5, 0.6) is 0 Å². The molecule has 1 saturated heterocycles. The lowest BCUT2D eigenvalue weighted by atomic mass is 10.1. The van der Waals surface area contributed by atoms with Crippen LogP contribution < -0.4 is 10.9 Å². The summed E-state index contributed by atoms with van der Waals surface area (Å²) in [5, 5.41) is 0. The number of hydrogen-bond acceptors (Lipinski definition) is 2. The number of carbonyl (C=O) groups excluding carboxylic acids is 1. The largest absolute Gasteiger partial charge is 0.285 e. The van der Waals surface area contributed by atoms with Gasteiger partial charge in [-0.15, -0.1) is 0 Å². The third-order valence-corrected chi connectivity index (χ3v) is 2.56. The van der Waals surface area contributed by atoms with Crippen LogP contribution in [0.4, 0.5) is 5.69 Å². The van der Waals surface area contributed by atoms with Crippen LogP contribution in [0, 0.1) is 20.8 Å². The van der Waals surface area contributed by atoms with Gasteiger partial charge in [0.05, 0.1) is 12.1 Å². The summed E-state index contributed by atoms with van der Waals surface area (Å²) in [6, 6.07) is 4.19. The number of nitrogens with zero attached hydrogens (tertiary/aromatic N) is 1. The highest BCUT2D eigenvalue weighted by Crippen LogP contribution is 2.25. The number of amides is 1. The molecule has 0 atom stereocenters. The minimum Gasteiger partial charge on any atom is -0.285 e. The summed E-state index contributed by atoms with van der Waals surface area (Å²) in [7, 11) is 0. The maximum atomic E-state index is 11.0. The van der Waals surface area contributed by atoms with E-state index in [1.54, 1.807) is 0 Å². The Kier molecular flexibility index (Phi) is 2.64. The fourth-order valence-electron chi connectivity index (χ4n) is 1.93. The number of benzene rings is 1. The molecule has 0 aromatic heterocycles. The highest BCUT2D eigenvalue weighted by atomic mass is 16.2. The summed E-state index contributed by atoms with van der Waals surface area (Å²) in [6.07, 6.45) is 0.326. The Bertz CT molecular complexity index is 454. The van der Waals surface area contributed by atoms with Crippen molar-refractivity contribution >= 4 is 17.4 Å². The van der Waals surface area contributed by atoms with Crippen LogP contribution in [0.3, 0.4) is 0 Å². The number of amidine groups is 1. The highest BCUT2D eigenvalue weighted by Gasteiger charge is 2.15. The molecular weight excluding hydrogens is 202 g/mol. The van der Waals surface area contributed by atoms with Gasteiger partial charge >= 0.3 is 0 Å². The molecule has 0 aliphatic carbocycles. The molecule has 1 fully saturated rings. The molecule has 1 aromatic carbocycles. The van der Waals surface area contributed by atoms with Gasteiger partial charge < -0.3 is 0 Å². The summed E-state index contributed by atoms with van der Waals surface area (Å²) >= 11 is 0. The zero-order chi connectivity index (χ0) is 11.7. The number of hydrazine groups is 1. The maximum absolute atomic E-state index is 11.0. The third kappa shape index (κ3) is 2.05. The zero-order valence-electron chi connectivity index (χ0n) is 9.72. The van der Waals surface area contributed by atoms with Crippen molar-refractivity contribution in [2.45, 2.75) is 27.2 Å². The number of rotatable bonds is 1. The van der Waals surface area contributed by atoms with Crippen LogP contribution in [0.2, 0.25) is 0 Å². The zero-order valence-corrected chi connectivity index (χ0v) is 9.72. The van der Waals surface area contributed by atoms with Crippen LogP contribution >= 0.6 is 0 Å². The molecule has 0 saturated carbocycles. The van der Waals surface area contributed by atoms with Crippen molar-refractivity contribution in [1.82, 2.24) is 10.9 Å². The molecule has 2 rings (SSSR count). The van der Waals surface area contributed by atoms with Crippen molar-refractivity contribution in [3.8, 4) is 0 Å². The topological polar surface area (TPSA) is 53.5 Å². The monoisotopic (exact) mass is 217 g/mol. The first-order valence-electron chi connectivity index (χ1n) is 5.26. The lowest BCUT2D eigenvalue weighted by Gasteiger charge is -2.07. The van der Waals surface area contributed by atoms with Crippen molar-refractivity contribution in [3.63, 3.8) is 0 Å². The Balaban J connectivity index is 2.38. The van der Waals surface area contributed by atoms with Crippen LogP contribution in [-0.4, -0.2) is 11.7 Å².